The normalized spacial score (nSPS) is 13.6. The van der Waals surface area contributed by atoms with Gasteiger partial charge in [-0.2, -0.15) is 0 Å². The Kier molecular flexibility index (Phi) is 6.13. The van der Waals surface area contributed by atoms with E-state index >= 15 is 0 Å². The molecule has 0 saturated carbocycles. The van der Waals surface area contributed by atoms with E-state index in [1.54, 1.807) is 0 Å². The van der Waals surface area contributed by atoms with Crippen LogP contribution in [0.4, 0.5) is 5.00 Å². The topological polar surface area (TPSA) is 93.2 Å². The Morgan fingerprint density at radius 3 is 2.28 bits per heavy atom. The monoisotopic (exact) mass is 422 g/mol. The molecule has 1 heterocycles. The van der Waals surface area contributed by atoms with Crippen molar-refractivity contribution in [1.29, 1.82) is 0 Å². The minimum Gasteiger partial charge on any atom is -0.372 e. The second kappa shape index (κ2) is 7.61. The number of halogens is 1. The van der Waals surface area contributed by atoms with E-state index in [1.165, 1.54) is 31.2 Å². The van der Waals surface area contributed by atoms with Crippen molar-refractivity contribution in [2.24, 2.45) is 0 Å². The first kappa shape index (κ1) is 20.2. The Labute approximate surface area is 157 Å². The zero-order chi connectivity index (χ0) is 18.8. The molecule has 25 heavy (non-hydrogen) atoms. The van der Waals surface area contributed by atoms with Crippen molar-refractivity contribution < 1.29 is 16.8 Å². The van der Waals surface area contributed by atoms with Crippen LogP contribution in [0.5, 0.6) is 0 Å². The highest BCUT2D eigenvalue weighted by atomic mass is 35.5. The van der Waals surface area contributed by atoms with Crippen molar-refractivity contribution in [1.82, 2.24) is 4.98 Å². The molecule has 0 saturated heterocycles. The molecule has 6 nitrogen and oxygen atoms in total. The Bertz CT molecular complexity index is 951. The Morgan fingerprint density at radius 1 is 1.16 bits per heavy atom. The third kappa shape index (κ3) is 4.33. The Morgan fingerprint density at radius 2 is 1.76 bits per heavy atom. The van der Waals surface area contributed by atoms with E-state index < -0.39 is 19.7 Å². The average Bonchev–Trinajstić information content (AvgIpc) is 3.00. The molecule has 0 fully saturated rings. The molecule has 0 radical (unpaired) electrons. The van der Waals surface area contributed by atoms with E-state index in [0.29, 0.717) is 5.02 Å². The standard InChI is InChI=1S/C15H19ClN2O4S3/c1-4-10(3)17-13-14(18-15(23-13)24(19,20)5-2)25(21,22)12-8-6-11(16)7-9-12/h6-10,17H,4-5H2,1-3H3/t10-/m0/s1. The van der Waals surface area contributed by atoms with Gasteiger partial charge in [-0.3, -0.25) is 0 Å². The van der Waals surface area contributed by atoms with Crippen molar-refractivity contribution in [2.75, 3.05) is 11.1 Å². The largest absolute Gasteiger partial charge is 0.372 e. The summed E-state index contributed by atoms with van der Waals surface area (Å²) in [7, 11) is -7.58. The van der Waals surface area contributed by atoms with E-state index in [0.717, 1.165) is 17.8 Å². The molecule has 2 aromatic rings. The summed E-state index contributed by atoms with van der Waals surface area (Å²) in [5.74, 6) is -0.149. The zero-order valence-electron chi connectivity index (χ0n) is 14.0. The summed E-state index contributed by atoms with van der Waals surface area (Å²) in [5.41, 5.74) is 0. The van der Waals surface area contributed by atoms with Gasteiger partial charge in [-0.25, -0.2) is 21.8 Å². The second-order valence-electron chi connectivity index (χ2n) is 5.43. The van der Waals surface area contributed by atoms with Gasteiger partial charge in [-0.15, -0.1) is 0 Å². The number of benzene rings is 1. The molecule has 0 aliphatic carbocycles. The first-order valence-electron chi connectivity index (χ1n) is 7.62. The van der Waals surface area contributed by atoms with Crippen molar-refractivity contribution in [2.45, 2.75) is 47.5 Å². The highest BCUT2D eigenvalue weighted by Crippen LogP contribution is 2.35. The number of nitrogens with one attached hydrogen (secondary N) is 1. The van der Waals surface area contributed by atoms with Crippen LogP contribution < -0.4 is 5.32 Å². The fourth-order valence-corrected chi connectivity index (χ4v) is 6.09. The summed E-state index contributed by atoms with van der Waals surface area (Å²) < 4.78 is 49.9. The number of rotatable bonds is 7. The lowest BCUT2D eigenvalue weighted by molar-refractivity contribution is 0.589. The zero-order valence-corrected chi connectivity index (χ0v) is 17.2. The number of sulfone groups is 2. The lowest BCUT2D eigenvalue weighted by Gasteiger charge is -2.12. The number of hydrogen-bond acceptors (Lipinski definition) is 7. The summed E-state index contributed by atoms with van der Waals surface area (Å²) >= 11 is 6.65. The molecule has 0 unspecified atom stereocenters. The number of aromatic nitrogens is 1. The van der Waals surface area contributed by atoms with E-state index in [9.17, 15) is 16.8 Å². The molecule has 2 rings (SSSR count). The fourth-order valence-electron chi connectivity index (χ4n) is 1.87. The Hall–Kier alpha value is -1.16. The van der Waals surface area contributed by atoms with E-state index in [-0.39, 0.29) is 31.1 Å². The summed E-state index contributed by atoms with van der Waals surface area (Å²) in [6, 6.07) is 5.64. The maximum Gasteiger partial charge on any atom is 0.226 e. The van der Waals surface area contributed by atoms with Crippen molar-refractivity contribution in [3.63, 3.8) is 0 Å². The van der Waals surface area contributed by atoms with Crippen LogP contribution in [0, 0.1) is 0 Å². The molecular weight excluding hydrogens is 404 g/mol. The van der Waals surface area contributed by atoms with Crippen LogP contribution in [0.1, 0.15) is 27.2 Å². The van der Waals surface area contributed by atoms with Gasteiger partial charge in [-0.05, 0) is 37.6 Å². The summed E-state index contributed by atoms with van der Waals surface area (Å²) in [6.45, 7) is 5.31. The molecule has 0 bridgehead atoms. The van der Waals surface area contributed by atoms with Gasteiger partial charge in [0.1, 0.15) is 5.00 Å². The summed E-state index contributed by atoms with van der Waals surface area (Å²) in [4.78, 5) is 3.97. The molecule has 0 amide bonds. The summed E-state index contributed by atoms with van der Waals surface area (Å²) in [5, 5.41) is 3.42. The predicted octanol–water partition coefficient (Wildman–Crippen LogP) is 3.63. The Balaban J connectivity index is 2.63. The molecule has 1 aromatic carbocycles. The van der Waals surface area contributed by atoms with Gasteiger partial charge in [0.05, 0.1) is 10.6 Å². The van der Waals surface area contributed by atoms with Crippen LogP contribution in [-0.4, -0.2) is 33.6 Å². The highest BCUT2D eigenvalue weighted by molar-refractivity contribution is 7.94. The molecule has 1 N–H and O–H groups in total. The molecule has 0 spiro atoms. The van der Waals surface area contributed by atoms with E-state index in [1.807, 2.05) is 13.8 Å². The molecule has 1 aromatic heterocycles. The number of hydrogen-bond donors (Lipinski definition) is 1. The van der Waals surface area contributed by atoms with Crippen molar-refractivity contribution in [3.8, 4) is 0 Å². The van der Waals surface area contributed by atoms with Gasteiger partial charge in [0, 0.05) is 11.1 Å². The first-order chi connectivity index (χ1) is 11.6. The molecule has 10 heteroatoms. The van der Waals surface area contributed by atoms with E-state index in [2.05, 4.69) is 10.3 Å². The number of nitrogens with zero attached hydrogens (tertiary/aromatic N) is 1. The maximum absolute atomic E-state index is 12.9. The number of thiazole rings is 1. The highest BCUT2D eigenvalue weighted by Gasteiger charge is 2.30. The van der Waals surface area contributed by atoms with Crippen LogP contribution in [0.2, 0.25) is 5.02 Å². The van der Waals surface area contributed by atoms with Gasteiger partial charge in [-0.1, -0.05) is 36.8 Å². The van der Waals surface area contributed by atoms with Gasteiger partial charge in [0.2, 0.25) is 24.0 Å². The second-order valence-corrected chi connectivity index (χ2v) is 11.2. The van der Waals surface area contributed by atoms with Gasteiger partial charge in [0.15, 0.2) is 5.03 Å². The molecule has 138 valence electrons. The van der Waals surface area contributed by atoms with Crippen LogP contribution in [0.25, 0.3) is 0 Å². The SMILES string of the molecule is CC[C@H](C)Nc1sc(S(=O)(=O)CC)nc1S(=O)(=O)c1ccc(Cl)cc1. The van der Waals surface area contributed by atoms with Crippen LogP contribution in [0.15, 0.2) is 38.5 Å². The van der Waals surface area contributed by atoms with Gasteiger partial charge >= 0.3 is 0 Å². The third-order valence-electron chi connectivity index (χ3n) is 3.59. The first-order valence-corrected chi connectivity index (χ1v) is 12.0. The lowest BCUT2D eigenvalue weighted by atomic mass is 10.3. The smallest absolute Gasteiger partial charge is 0.226 e. The molecule has 0 aliphatic rings. The van der Waals surface area contributed by atoms with Gasteiger partial charge in [0.25, 0.3) is 0 Å². The number of anilines is 1. The minimum atomic E-state index is -3.97. The molecule has 1 atom stereocenters. The maximum atomic E-state index is 12.9. The van der Waals surface area contributed by atoms with E-state index in [4.69, 9.17) is 11.6 Å². The van der Waals surface area contributed by atoms with Crippen LogP contribution in [-0.2, 0) is 19.7 Å². The quantitative estimate of drug-likeness (QED) is 0.732. The predicted molar refractivity (Wildman–Crippen MR) is 100 cm³/mol. The lowest BCUT2D eigenvalue weighted by Crippen LogP contribution is -2.15. The molecular formula is C15H19ClN2O4S3. The van der Waals surface area contributed by atoms with Crippen molar-refractivity contribution in [3.05, 3.63) is 29.3 Å². The van der Waals surface area contributed by atoms with Crippen LogP contribution >= 0.6 is 22.9 Å². The minimum absolute atomic E-state index is 0.00912. The average molecular weight is 423 g/mol. The third-order valence-corrected chi connectivity index (χ3v) is 8.85. The van der Waals surface area contributed by atoms with Crippen LogP contribution in [0.3, 0.4) is 0 Å². The fraction of sp³-hybridized carbons (Fsp3) is 0.400. The van der Waals surface area contributed by atoms with Gasteiger partial charge < -0.3 is 5.32 Å². The molecule has 0 aliphatic heterocycles. The van der Waals surface area contributed by atoms with Crippen molar-refractivity contribution >= 4 is 47.6 Å². The summed E-state index contributed by atoms with van der Waals surface area (Å²) in [6.07, 6.45) is 0.744.